The Bertz CT molecular complexity index is 524. The van der Waals surface area contributed by atoms with E-state index in [4.69, 9.17) is 9.16 Å². The van der Waals surface area contributed by atoms with Crippen molar-refractivity contribution in [2.45, 2.75) is 104 Å². The van der Waals surface area contributed by atoms with Crippen LogP contribution in [-0.4, -0.2) is 48.9 Å². The minimum absolute atomic E-state index is 0.00958. The number of carbonyl (C=O) groups is 1. The third kappa shape index (κ3) is 8.16. The monoisotopic (exact) mass is 430 g/mol. The van der Waals surface area contributed by atoms with Gasteiger partial charge in [0, 0.05) is 6.61 Å². The third-order valence-corrected chi connectivity index (χ3v) is 10.9. The minimum atomic E-state index is -2.13. The van der Waals surface area contributed by atoms with E-state index in [1.165, 1.54) is 6.08 Å². The summed E-state index contributed by atoms with van der Waals surface area (Å²) in [5.74, 6) is -0.650. The van der Waals surface area contributed by atoms with Crippen molar-refractivity contribution >= 4 is 14.3 Å². The molecule has 29 heavy (non-hydrogen) atoms. The fourth-order valence-electron chi connectivity index (χ4n) is 3.20. The average molecular weight is 431 g/mol. The van der Waals surface area contributed by atoms with Crippen molar-refractivity contribution in [3.8, 4) is 0 Å². The quantitative estimate of drug-likeness (QED) is 0.261. The van der Waals surface area contributed by atoms with Crippen LogP contribution in [0.25, 0.3) is 0 Å². The molecule has 6 atom stereocenters. The van der Waals surface area contributed by atoms with Crippen LogP contribution in [0, 0.1) is 17.8 Å². The van der Waals surface area contributed by atoms with Gasteiger partial charge < -0.3 is 19.4 Å². The summed E-state index contributed by atoms with van der Waals surface area (Å²) >= 11 is 0. The maximum absolute atomic E-state index is 13.0. The Kier molecular flexibility index (Phi) is 10.8. The van der Waals surface area contributed by atoms with E-state index in [0.29, 0.717) is 6.42 Å². The lowest BCUT2D eigenvalue weighted by Crippen LogP contribution is -2.50. The third-order valence-electron chi connectivity index (χ3n) is 6.44. The highest BCUT2D eigenvalue weighted by molar-refractivity contribution is 6.74. The first-order valence-electron chi connectivity index (χ1n) is 10.9. The van der Waals surface area contributed by atoms with Gasteiger partial charge in [-0.3, -0.25) is 4.79 Å². The molecule has 0 aromatic carbocycles. The van der Waals surface area contributed by atoms with E-state index in [-0.39, 0.29) is 35.6 Å². The highest BCUT2D eigenvalue weighted by atomic mass is 28.4. The summed E-state index contributed by atoms with van der Waals surface area (Å²) in [6, 6.07) is 0. The molecule has 0 amide bonds. The highest BCUT2D eigenvalue weighted by Gasteiger charge is 2.44. The van der Waals surface area contributed by atoms with Crippen molar-refractivity contribution in [2.75, 3.05) is 6.61 Å². The number of hydrogen-bond acceptors (Lipinski definition) is 5. The lowest BCUT2D eigenvalue weighted by atomic mass is 9.87. The van der Waals surface area contributed by atoms with Crippen LogP contribution in [0.2, 0.25) is 18.1 Å². The predicted octanol–water partition coefficient (Wildman–Crippen LogP) is 4.93. The zero-order valence-corrected chi connectivity index (χ0v) is 21.4. The van der Waals surface area contributed by atoms with E-state index in [9.17, 15) is 15.0 Å². The Labute approximate surface area is 180 Å². The molecule has 0 aliphatic heterocycles. The second-order valence-electron chi connectivity index (χ2n) is 10.4. The smallest absolute Gasteiger partial charge is 0.311 e. The fourth-order valence-corrected chi connectivity index (χ4v) is 4.67. The van der Waals surface area contributed by atoms with Gasteiger partial charge in [-0.1, -0.05) is 47.6 Å². The molecule has 0 saturated heterocycles. The Morgan fingerprint density at radius 3 is 2.07 bits per heavy atom. The van der Waals surface area contributed by atoms with Gasteiger partial charge in [-0.05, 0) is 56.7 Å². The van der Waals surface area contributed by atoms with Crippen molar-refractivity contribution in [2.24, 2.45) is 17.8 Å². The molecular formula is C23H46O5Si. The van der Waals surface area contributed by atoms with Crippen LogP contribution in [0.1, 0.15) is 68.2 Å². The molecule has 0 spiro atoms. The molecule has 0 rings (SSSR count). The van der Waals surface area contributed by atoms with Crippen LogP contribution < -0.4 is 0 Å². The topological polar surface area (TPSA) is 76.0 Å². The zero-order chi connectivity index (χ0) is 23.2. The molecule has 0 aliphatic carbocycles. The Balaban J connectivity index is 5.69. The molecule has 0 fully saturated rings. The Morgan fingerprint density at radius 1 is 1.17 bits per heavy atom. The van der Waals surface area contributed by atoms with Gasteiger partial charge in [0.2, 0.25) is 0 Å². The van der Waals surface area contributed by atoms with E-state index in [2.05, 4.69) is 47.4 Å². The van der Waals surface area contributed by atoms with Gasteiger partial charge in [0.15, 0.2) is 8.32 Å². The van der Waals surface area contributed by atoms with Gasteiger partial charge >= 0.3 is 5.97 Å². The molecule has 0 heterocycles. The molecule has 5 nitrogen and oxygen atoms in total. The van der Waals surface area contributed by atoms with Crippen LogP contribution >= 0.6 is 0 Å². The molecule has 0 unspecified atom stereocenters. The number of esters is 1. The SMILES string of the molecule is C=C[C@](C)(O)[C@@H](CC)OC(=O)[C@H](C)[C@@H](O[Si](C)(C)C(C)(C)C)[C@@H](C)C[C@@H](C)CO. The summed E-state index contributed by atoms with van der Waals surface area (Å²) in [7, 11) is -2.13. The number of hydrogen-bond donors (Lipinski definition) is 2. The molecule has 0 aromatic heterocycles. The molecule has 2 N–H and O–H groups in total. The maximum atomic E-state index is 13.0. The van der Waals surface area contributed by atoms with Gasteiger partial charge in [0.1, 0.15) is 11.7 Å². The van der Waals surface area contributed by atoms with E-state index < -0.39 is 25.9 Å². The van der Waals surface area contributed by atoms with Crippen molar-refractivity contribution in [3.05, 3.63) is 12.7 Å². The van der Waals surface area contributed by atoms with Crippen LogP contribution in [-0.2, 0) is 14.0 Å². The lowest BCUT2D eigenvalue weighted by molar-refractivity contribution is -0.168. The molecule has 0 bridgehead atoms. The molecule has 0 radical (unpaired) electrons. The van der Waals surface area contributed by atoms with E-state index >= 15 is 0 Å². The molecule has 0 aliphatic rings. The zero-order valence-electron chi connectivity index (χ0n) is 20.4. The van der Waals surface area contributed by atoms with Crippen LogP contribution in [0.5, 0.6) is 0 Å². The summed E-state index contributed by atoms with van der Waals surface area (Å²) in [5.41, 5.74) is -1.28. The summed E-state index contributed by atoms with van der Waals surface area (Å²) in [5, 5.41) is 19.9. The predicted molar refractivity (Wildman–Crippen MR) is 122 cm³/mol. The average Bonchev–Trinajstić information content (AvgIpc) is 2.61. The number of aliphatic hydroxyl groups is 2. The normalized spacial score (nSPS) is 20.1. The summed E-state index contributed by atoms with van der Waals surface area (Å²) in [4.78, 5) is 13.0. The van der Waals surface area contributed by atoms with Crippen molar-refractivity contribution in [1.82, 2.24) is 0 Å². The molecular weight excluding hydrogens is 384 g/mol. The second kappa shape index (κ2) is 11.1. The standard InChI is InChI=1S/C23H46O5Si/c1-12-19(23(9,26)13-2)27-21(25)18(5)20(17(4)14-16(3)15-24)28-29(10,11)22(6,7)8/h13,16-20,24,26H,2,12,14-15H2,1,3-11H3/t16-,17+,18-,19-,20+,23+/m1/s1. The molecule has 6 heteroatoms. The van der Waals surface area contributed by atoms with Gasteiger partial charge in [0.25, 0.3) is 0 Å². The van der Waals surface area contributed by atoms with Crippen molar-refractivity contribution in [3.63, 3.8) is 0 Å². The highest BCUT2D eigenvalue weighted by Crippen LogP contribution is 2.40. The lowest BCUT2D eigenvalue weighted by Gasteiger charge is -2.43. The summed E-state index contributed by atoms with van der Waals surface area (Å²) < 4.78 is 12.4. The van der Waals surface area contributed by atoms with Crippen LogP contribution in [0.4, 0.5) is 0 Å². The van der Waals surface area contributed by atoms with Gasteiger partial charge in [-0.15, -0.1) is 6.58 Å². The Hall–Kier alpha value is -0.693. The second-order valence-corrected chi connectivity index (χ2v) is 15.2. The van der Waals surface area contributed by atoms with E-state index in [0.717, 1.165) is 6.42 Å². The molecule has 0 saturated carbocycles. The number of carbonyl (C=O) groups excluding carboxylic acids is 1. The number of ether oxygens (including phenoxy) is 1. The van der Waals surface area contributed by atoms with Gasteiger partial charge in [0.05, 0.1) is 12.0 Å². The van der Waals surface area contributed by atoms with Crippen LogP contribution in [0.3, 0.4) is 0 Å². The van der Waals surface area contributed by atoms with Crippen LogP contribution in [0.15, 0.2) is 12.7 Å². The first kappa shape index (κ1) is 28.3. The first-order valence-corrected chi connectivity index (χ1v) is 13.8. The largest absolute Gasteiger partial charge is 0.459 e. The first-order chi connectivity index (χ1) is 13.0. The van der Waals surface area contributed by atoms with E-state index in [1.807, 2.05) is 20.8 Å². The fraction of sp³-hybridized carbons (Fsp3) is 0.870. The maximum Gasteiger partial charge on any atom is 0.311 e. The Morgan fingerprint density at radius 2 is 1.69 bits per heavy atom. The molecule has 0 aromatic rings. The van der Waals surface area contributed by atoms with E-state index in [1.54, 1.807) is 6.92 Å². The minimum Gasteiger partial charge on any atom is -0.459 e. The number of rotatable bonds is 12. The number of aliphatic hydroxyl groups excluding tert-OH is 1. The summed E-state index contributed by atoms with van der Waals surface area (Å²) in [6.07, 6.45) is 1.68. The van der Waals surface area contributed by atoms with Crippen molar-refractivity contribution in [1.29, 1.82) is 0 Å². The van der Waals surface area contributed by atoms with Gasteiger partial charge in [-0.2, -0.15) is 0 Å². The summed E-state index contributed by atoms with van der Waals surface area (Å²) in [6.45, 7) is 24.0. The molecule has 172 valence electrons. The van der Waals surface area contributed by atoms with Gasteiger partial charge in [-0.25, -0.2) is 0 Å². The van der Waals surface area contributed by atoms with Crippen molar-refractivity contribution < 1.29 is 24.2 Å².